The van der Waals surface area contributed by atoms with Crippen LogP contribution in [0.5, 0.6) is 0 Å². The van der Waals surface area contributed by atoms with Gasteiger partial charge in [-0.25, -0.2) is 9.78 Å². The van der Waals surface area contributed by atoms with Crippen LogP contribution >= 0.6 is 0 Å². The van der Waals surface area contributed by atoms with Gasteiger partial charge in [-0.3, -0.25) is 14.2 Å². The summed E-state index contributed by atoms with van der Waals surface area (Å²) in [6.07, 6.45) is 4.44. The maximum Gasteiger partial charge on any atom is 0.339 e. The second-order valence-electron chi connectivity index (χ2n) is 5.03. The lowest BCUT2D eigenvalue weighted by molar-refractivity contribution is -0.137. The number of carbonyl (C=O) groups is 2. The average molecular weight is 334 g/mol. The van der Waals surface area contributed by atoms with Gasteiger partial charge in [0.05, 0.1) is 12.7 Å². The molecule has 9 heteroatoms. The molecule has 128 valence electrons. The third-order valence-electron chi connectivity index (χ3n) is 3.51. The van der Waals surface area contributed by atoms with Gasteiger partial charge in [0.2, 0.25) is 0 Å². The molecule has 0 amide bonds. The fourth-order valence-electron chi connectivity index (χ4n) is 2.25. The number of rotatable bonds is 7. The van der Waals surface area contributed by atoms with Gasteiger partial charge in [0, 0.05) is 37.4 Å². The van der Waals surface area contributed by atoms with Gasteiger partial charge in [-0.1, -0.05) is 0 Å². The molecule has 2 aromatic rings. The standard InChI is InChI=1S/C15H18N4O5/c1-10-11(15(23)24-2)3-6-18(10)7-4-16-13-14(22)19(8-5-17-13)9-12(20)21/h3,5-6,8H,4,7,9H2,1-2H3,(H,16,17)(H,20,21). The third kappa shape index (κ3) is 3.80. The van der Waals surface area contributed by atoms with Crippen LogP contribution in [0.2, 0.25) is 0 Å². The molecule has 0 unspecified atom stereocenters. The Hall–Kier alpha value is -3.10. The Morgan fingerprint density at radius 1 is 1.33 bits per heavy atom. The summed E-state index contributed by atoms with van der Waals surface area (Å²) in [7, 11) is 1.32. The van der Waals surface area contributed by atoms with Crippen LogP contribution in [0.1, 0.15) is 16.1 Å². The highest BCUT2D eigenvalue weighted by Crippen LogP contribution is 2.11. The molecule has 0 aromatic carbocycles. The van der Waals surface area contributed by atoms with E-state index in [1.807, 2.05) is 4.57 Å². The van der Waals surface area contributed by atoms with Crippen molar-refractivity contribution in [3.8, 4) is 0 Å². The monoisotopic (exact) mass is 334 g/mol. The van der Waals surface area contributed by atoms with Gasteiger partial charge in [-0.05, 0) is 13.0 Å². The predicted molar refractivity (Wildman–Crippen MR) is 85.1 cm³/mol. The van der Waals surface area contributed by atoms with E-state index < -0.39 is 24.0 Å². The number of nitrogens with one attached hydrogen (secondary N) is 1. The Balaban J connectivity index is 2.03. The fourth-order valence-corrected chi connectivity index (χ4v) is 2.25. The van der Waals surface area contributed by atoms with Crippen LogP contribution in [-0.2, 0) is 22.6 Å². The maximum atomic E-state index is 12.1. The first-order chi connectivity index (χ1) is 11.4. The number of methoxy groups -OCH3 is 1. The van der Waals surface area contributed by atoms with E-state index in [1.165, 1.54) is 19.5 Å². The molecule has 0 aliphatic rings. The van der Waals surface area contributed by atoms with Crippen molar-refractivity contribution in [3.63, 3.8) is 0 Å². The molecule has 24 heavy (non-hydrogen) atoms. The van der Waals surface area contributed by atoms with Crippen molar-refractivity contribution in [1.82, 2.24) is 14.1 Å². The molecule has 2 rings (SSSR count). The summed E-state index contributed by atoms with van der Waals surface area (Å²) in [5, 5.41) is 11.6. The molecular weight excluding hydrogens is 316 g/mol. The second-order valence-corrected chi connectivity index (χ2v) is 5.03. The van der Waals surface area contributed by atoms with Crippen LogP contribution in [-0.4, -0.2) is 44.8 Å². The predicted octanol–water partition coefficient (Wildman–Crippen LogP) is 0.337. The van der Waals surface area contributed by atoms with E-state index in [1.54, 1.807) is 19.2 Å². The van der Waals surface area contributed by atoms with Crippen LogP contribution in [0, 0.1) is 6.92 Å². The summed E-state index contributed by atoms with van der Waals surface area (Å²) in [4.78, 5) is 38.2. The number of hydrogen-bond acceptors (Lipinski definition) is 6. The number of esters is 1. The van der Waals surface area contributed by atoms with E-state index >= 15 is 0 Å². The van der Waals surface area contributed by atoms with E-state index in [4.69, 9.17) is 9.84 Å². The molecule has 0 saturated carbocycles. The number of aliphatic carboxylic acids is 1. The Labute approximate surface area is 137 Å². The quantitative estimate of drug-likeness (QED) is 0.701. The number of nitrogens with zero attached hydrogens (tertiary/aromatic N) is 3. The summed E-state index contributed by atoms with van der Waals surface area (Å²) >= 11 is 0. The molecule has 9 nitrogen and oxygen atoms in total. The van der Waals surface area contributed by atoms with Crippen LogP contribution < -0.4 is 10.9 Å². The highest BCUT2D eigenvalue weighted by atomic mass is 16.5. The van der Waals surface area contributed by atoms with Crippen molar-refractivity contribution in [1.29, 1.82) is 0 Å². The van der Waals surface area contributed by atoms with Crippen molar-refractivity contribution in [2.24, 2.45) is 0 Å². The normalized spacial score (nSPS) is 10.4. The van der Waals surface area contributed by atoms with Gasteiger partial charge in [0.1, 0.15) is 6.54 Å². The average Bonchev–Trinajstić information content (AvgIpc) is 2.91. The van der Waals surface area contributed by atoms with E-state index in [-0.39, 0.29) is 5.82 Å². The Morgan fingerprint density at radius 3 is 2.75 bits per heavy atom. The molecule has 0 saturated heterocycles. The van der Waals surface area contributed by atoms with E-state index in [2.05, 4.69) is 10.3 Å². The molecule has 0 radical (unpaired) electrons. The lowest BCUT2D eigenvalue weighted by Gasteiger charge is -2.10. The molecule has 0 bridgehead atoms. The molecule has 0 aliphatic carbocycles. The smallest absolute Gasteiger partial charge is 0.339 e. The molecule has 2 heterocycles. The van der Waals surface area contributed by atoms with Gasteiger partial charge >= 0.3 is 11.9 Å². The zero-order chi connectivity index (χ0) is 17.7. The van der Waals surface area contributed by atoms with Crippen LogP contribution in [0.25, 0.3) is 0 Å². The largest absolute Gasteiger partial charge is 0.480 e. The second kappa shape index (κ2) is 7.44. The number of anilines is 1. The molecule has 2 aromatic heterocycles. The minimum atomic E-state index is -1.10. The first-order valence-corrected chi connectivity index (χ1v) is 7.19. The highest BCUT2D eigenvalue weighted by Gasteiger charge is 2.13. The minimum absolute atomic E-state index is 0.0803. The highest BCUT2D eigenvalue weighted by molar-refractivity contribution is 5.90. The van der Waals surface area contributed by atoms with Gasteiger partial charge in [0.25, 0.3) is 5.56 Å². The van der Waals surface area contributed by atoms with Crippen molar-refractivity contribution in [3.05, 3.63) is 46.3 Å². The Morgan fingerprint density at radius 2 is 2.08 bits per heavy atom. The summed E-state index contributed by atoms with van der Waals surface area (Å²) in [5.41, 5.74) is 0.742. The van der Waals surface area contributed by atoms with Crippen LogP contribution in [0.4, 0.5) is 5.82 Å². The van der Waals surface area contributed by atoms with Crippen molar-refractivity contribution in [2.75, 3.05) is 19.0 Å². The third-order valence-corrected chi connectivity index (χ3v) is 3.51. The van der Waals surface area contributed by atoms with E-state index in [9.17, 15) is 14.4 Å². The first-order valence-electron chi connectivity index (χ1n) is 7.19. The molecule has 0 atom stereocenters. The lowest BCUT2D eigenvalue weighted by Crippen LogP contribution is -2.28. The van der Waals surface area contributed by atoms with Crippen molar-refractivity contribution in [2.45, 2.75) is 20.0 Å². The number of carbonyl (C=O) groups excluding carboxylic acids is 1. The molecule has 0 aliphatic heterocycles. The summed E-state index contributed by atoms with van der Waals surface area (Å²) in [6.45, 7) is 2.26. The SMILES string of the molecule is COC(=O)c1ccn(CCNc2nccn(CC(=O)O)c2=O)c1C. The van der Waals surface area contributed by atoms with E-state index in [0.29, 0.717) is 18.7 Å². The lowest BCUT2D eigenvalue weighted by atomic mass is 10.2. The molecular formula is C15H18N4O5. The van der Waals surface area contributed by atoms with Crippen molar-refractivity contribution >= 4 is 17.8 Å². The van der Waals surface area contributed by atoms with E-state index in [0.717, 1.165) is 10.3 Å². The number of aromatic nitrogens is 3. The van der Waals surface area contributed by atoms with Gasteiger partial charge < -0.3 is 19.7 Å². The molecule has 0 spiro atoms. The van der Waals surface area contributed by atoms with Gasteiger partial charge in [-0.2, -0.15) is 0 Å². The first kappa shape index (κ1) is 17.3. The topological polar surface area (TPSA) is 115 Å². The number of ether oxygens (including phenoxy) is 1. The number of carboxylic acid groups (broad SMARTS) is 1. The maximum absolute atomic E-state index is 12.1. The van der Waals surface area contributed by atoms with Gasteiger partial charge in [0.15, 0.2) is 5.82 Å². The van der Waals surface area contributed by atoms with Crippen LogP contribution in [0.3, 0.4) is 0 Å². The number of carboxylic acids is 1. The Kier molecular flexibility index (Phi) is 5.35. The molecule has 0 fully saturated rings. The zero-order valence-corrected chi connectivity index (χ0v) is 13.4. The summed E-state index contributed by atoms with van der Waals surface area (Å²) in [5.74, 6) is -1.43. The molecule has 2 N–H and O–H groups in total. The minimum Gasteiger partial charge on any atom is -0.480 e. The summed E-state index contributed by atoms with van der Waals surface area (Å²) < 4.78 is 7.60. The number of hydrogen-bond donors (Lipinski definition) is 2. The Bertz CT molecular complexity index is 808. The fraction of sp³-hybridized carbons (Fsp3) is 0.333. The van der Waals surface area contributed by atoms with Crippen LogP contribution in [0.15, 0.2) is 29.5 Å². The summed E-state index contributed by atoms with van der Waals surface area (Å²) in [6, 6.07) is 1.67. The zero-order valence-electron chi connectivity index (χ0n) is 13.4. The van der Waals surface area contributed by atoms with Crippen molar-refractivity contribution < 1.29 is 19.4 Å². The van der Waals surface area contributed by atoms with Gasteiger partial charge in [-0.15, -0.1) is 0 Å².